The molecule has 0 aromatic rings. The van der Waals surface area contributed by atoms with E-state index in [0.717, 1.165) is 32.4 Å². The van der Waals surface area contributed by atoms with Gasteiger partial charge in [-0.15, -0.1) is 0 Å². The van der Waals surface area contributed by atoms with E-state index in [1.54, 1.807) is 23.0 Å². The topological polar surface area (TPSA) is 79.8 Å². The molecule has 8 heteroatoms. The van der Waals surface area contributed by atoms with Gasteiger partial charge in [-0.3, -0.25) is 4.79 Å². The van der Waals surface area contributed by atoms with Crippen molar-refractivity contribution in [1.82, 2.24) is 10.6 Å². The van der Waals surface area contributed by atoms with Crippen molar-refractivity contribution in [3.05, 3.63) is 0 Å². The van der Waals surface area contributed by atoms with Crippen molar-refractivity contribution < 1.29 is 17.5 Å². The van der Waals surface area contributed by atoms with Gasteiger partial charge in [0.25, 0.3) is 0 Å². The fraction of sp³-hybridized carbons (Fsp3) is 0.909. The number of rotatable bonds is 8. The van der Waals surface area contributed by atoms with E-state index in [4.69, 9.17) is 7.72 Å². The SMILES string of the molecule is CNC[C@@]1(CCCB(O)OI)CCN[C@@H]1C(=O)OC. The van der Waals surface area contributed by atoms with Crippen LogP contribution in [0.15, 0.2) is 0 Å². The first-order valence-electron chi connectivity index (χ1n) is 6.51. The third-order valence-corrected chi connectivity index (χ3v) is 4.37. The molecule has 0 unspecified atom stereocenters. The number of carbonyl (C=O) groups excluding carboxylic acids is 1. The Morgan fingerprint density at radius 3 is 3.00 bits per heavy atom. The molecule has 1 aliphatic rings. The summed E-state index contributed by atoms with van der Waals surface area (Å²) >= 11 is 1.69. The summed E-state index contributed by atoms with van der Waals surface area (Å²) in [4.78, 5) is 11.9. The average Bonchev–Trinajstić information content (AvgIpc) is 2.82. The molecule has 0 bridgehead atoms. The molecule has 0 spiro atoms. The Labute approximate surface area is 128 Å². The largest absolute Gasteiger partial charge is 0.468 e. The van der Waals surface area contributed by atoms with Crippen LogP contribution in [0.1, 0.15) is 19.3 Å². The molecule has 0 aliphatic carbocycles. The number of nitrogens with one attached hydrogen (secondary N) is 2. The summed E-state index contributed by atoms with van der Waals surface area (Å²) in [5.74, 6) is -0.210. The van der Waals surface area contributed by atoms with E-state index >= 15 is 0 Å². The third kappa shape index (κ3) is 4.56. The van der Waals surface area contributed by atoms with Crippen LogP contribution in [-0.4, -0.2) is 51.4 Å². The zero-order chi connectivity index (χ0) is 14.3. The summed E-state index contributed by atoms with van der Waals surface area (Å²) in [5.41, 5.74) is -0.146. The van der Waals surface area contributed by atoms with Crippen molar-refractivity contribution in [3.8, 4) is 0 Å². The lowest BCUT2D eigenvalue weighted by Gasteiger charge is -2.33. The van der Waals surface area contributed by atoms with Crippen LogP contribution in [0.5, 0.6) is 0 Å². The summed E-state index contributed by atoms with van der Waals surface area (Å²) in [6.45, 7) is 1.56. The predicted octanol–water partition coefficient (Wildman–Crippen LogP) is 0.354. The Balaban J connectivity index is 2.64. The smallest absolute Gasteiger partial charge is 0.463 e. The first-order valence-corrected chi connectivity index (χ1v) is 7.39. The molecule has 19 heavy (non-hydrogen) atoms. The second kappa shape index (κ2) is 8.40. The van der Waals surface area contributed by atoms with Gasteiger partial charge in [-0.2, -0.15) is 0 Å². The Morgan fingerprint density at radius 2 is 2.42 bits per heavy atom. The fourth-order valence-corrected chi connectivity index (χ4v) is 3.11. The average molecular weight is 384 g/mol. The Morgan fingerprint density at radius 1 is 1.68 bits per heavy atom. The standard InChI is InChI=1S/C11H22BIN2O4/c1-14-8-11(4-3-6-12(17)19-13)5-7-15-9(11)10(16)18-2/h9,14-15,17H,3-8H2,1-2H3/t9-,11-/m1/s1. The molecule has 1 saturated heterocycles. The van der Waals surface area contributed by atoms with Crippen molar-refractivity contribution in [3.63, 3.8) is 0 Å². The predicted molar refractivity (Wildman–Crippen MR) is 81.9 cm³/mol. The maximum atomic E-state index is 11.9. The van der Waals surface area contributed by atoms with Crippen molar-refractivity contribution in [2.75, 3.05) is 27.2 Å². The first-order chi connectivity index (χ1) is 9.09. The first kappa shape index (κ1) is 17.2. The van der Waals surface area contributed by atoms with Gasteiger partial charge in [0.05, 0.1) is 30.1 Å². The van der Waals surface area contributed by atoms with Gasteiger partial charge in [-0.25, -0.2) is 0 Å². The minimum absolute atomic E-state index is 0.146. The Kier molecular flexibility index (Phi) is 7.59. The maximum Gasteiger partial charge on any atom is 0.463 e. The lowest BCUT2D eigenvalue weighted by Crippen LogP contribution is -2.48. The Hall–Kier alpha value is 0.105. The van der Waals surface area contributed by atoms with Crippen molar-refractivity contribution in [2.24, 2.45) is 5.41 Å². The van der Waals surface area contributed by atoms with Gasteiger partial charge in [0.15, 0.2) is 0 Å². The van der Waals surface area contributed by atoms with Crippen molar-refractivity contribution in [1.29, 1.82) is 0 Å². The van der Waals surface area contributed by atoms with Gasteiger partial charge in [0.2, 0.25) is 0 Å². The zero-order valence-electron chi connectivity index (χ0n) is 11.4. The highest BCUT2D eigenvalue weighted by molar-refractivity contribution is 14.1. The minimum Gasteiger partial charge on any atom is -0.468 e. The van der Waals surface area contributed by atoms with Crippen LogP contribution >= 0.6 is 23.0 Å². The van der Waals surface area contributed by atoms with E-state index in [0.29, 0.717) is 6.32 Å². The molecular formula is C11H22BIN2O4. The fourth-order valence-electron chi connectivity index (χ4n) is 2.85. The number of hydrogen-bond acceptors (Lipinski definition) is 6. The van der Waals surface area contributed by atoms with Gasteiger partial charge in [-0.1, -0.05) is 6.42 Å². The highest BCUT2D eigenvalue weighted by Crippen LogP contribution is 2.37. The molecule has 1 fully saturated rings. The molecule has 0 aromatic heterocycles. The molecule has 0 saturated carbocycles. The van der Waals surface area contributed by atoms with Gasteiger partial charge in [-0.05, 0) is 32.8 Å². The molecule has 110 valence electrons. The lowest BCUT2D eigenvalue weighted by atomic mass is 9.72. The van der Waals surface area contributed by atoms with E-state index in [9.17, 15) is 9.82 Å². The van der Waals surface area contributed by atoms with Crippen LogP contribution in [0.4, 0.5) is 0 Å². The van der Waals surface area contributed by atoms with Gasteiger partial charge >= 0.3 is 13.1 Å². The molecule has 0 amide bonds. The molecular weight excluding hydrogens is 362 g/mol. The molecule has 2 atom stereocenters. The Bertz CT molecular complexity index is 298. The van der Waals surface area contributed by atoms with Crippen molar-refractivity contribution >= 4 is 36.1 Å². The summed E-state index contributed by atoms with van der Waals surface area (Å²) in [6, 6.07) is -0.275. The van der Waals surface area contributed by atoms with Gasteiger partial charge in [0, 0.05) is 12.0 Å². The van der Waals surface area contributed by atoms with Crippen LogP contribution in [0.3, 0.4) is 0 Å². The quantitative estimate of drug-likeness (QED) is 0.319. The molecule has 1 heterocycles. The van der Waals surface area contributed by atoms with E-state index in [2.05, 4.69) is 10.6 Å². The number of hydrogen-bond donors (Lipinski definition) is 3. The lowest BCUT2D eigenvalue weighted by molar-refractivity contribution is -0.145. The molecule has 0 radical (unpaired) electrons. The van der Waals surface area contributed by atoms with E-state index < -0.39 is 7.12 Å². The van der Waals surface area contributed by atoms with Crippen LogP contribution < -0.4 is 10.6 Å². The molecule has 3 N–H and O–H groups in total. The van der Waals surface area contributed by atoms with E-state index in [1.165, 1.54) is 7.11 Å². The maximum absolute atomic E-state index is 11.9. The molecule has 1 aliphatic heterocycles. The van der Waals surface area contributed by atoms with Gasteiger partial charge < -0.3 is 23.4 Å². The molecule has 0 aromatic carbocycles. The number of halogens is 1. The number of methoxy groups -OCH3 is 1. The minimum atomic E-state index is -0.738. The normalized spacial score (nSPS) is 26.4. The highest BCUT2D eigenvalue weighted by Gasteiger charge is 2.46. The van der Waals surface area contributed by atoms with Gasteiger partial charge in [0.1, 0.15) is 6.04 Å². The van der Waals surface area contributed by atoms with E-state index in [-0.39, 0.29) is 17.4 Å². The summed E-state index contributed by atoms with van der Waals surface area (Å²) < 4.78 is 9.69. The second-order valence-corrected chi connectivity index (χ2v) is 5.50. The van der Waals surface area contributed by atoms with Crippen LogP contribution in [0, 0.1) is 5.41 Å². The molecule has 1 rings (SSSR count). The third-order valence-electron chi connectivity index (χ3n) is 3.78. The van der Waals surface area contributed by atoms with Crippen molar-refractivity contribution in [2.45, 2.75) is 31.6 Å². The highest BCUT2D eigenvalue weighted by atomic mass is 127. The summed E-state index contributed by atoms with van der Waals surface area (Å²) in [6.07, 6.45) is 3.15. The number of carbonyl (C=O) groups is 1. The van der Waals surface area contributed by atoms with Crippen LogP contribution in [0.25, 0.3) is 0 Å². The monoisotopic (exact) mass is 384 g/mol. The molecule has 6 nitrogen and oxygen atoms in total. The summed E-state index contributed by atoms with van der Waals surface area (Å²) in [5, 5.41) is 15.8. The number of esters is 1. The summed E-state index contributed by atoms with van der Waals surface area (Å²) in [7, 11) is 2.57. The second-order valence-electron chi connectivity index (χ2n) is 4.99. The van der Waals surface area contributed by atoms with Crippen LogP contribution in [-0.2, 0) is 12.5 Å². The van der Waals surface area contributed by atoms with E-state index in [1.807, 2.05) is 7.05 Å². The zero-order valence-corrected chi connectivity index (χ0v) is 13.6. The number of ether oxygens (including phenoxy) is 1. The van der Waals surface area contributed by atoms with Crippen LogP contribution in [0.2, 0.25) is 6.32 Å².